The summed E-state index contributed by atoms with van der Waals surface area (Å²) in [5, 5.41) is 21.0. The molecule has 0 bridgehead atoms. The zero-order valence-electron chi connectivity index (χ0n) is 17.2. The van der Waals surface area contributed by atoms with Crippen LogP contribution in [0.2, 0.25) is 0 Å². The quantitative estimate of drug-likeness (QED) is 0.490. The highest BCUT2D eigenvalue weighted by molar-refractivity contribution is 6.05. The van der Waals surface area contributed by atoms with Crippen LogP contribution in [0, 0.1) is 17.8 Å². The normalized spacial score (nSPS) is 25.5. The third-order valence-electron chi connectivity index (χ3n) is 6.16. The number of benzene rings is 1. The van der Waals surface area contributed by atoms with Gasteiger partial charge in [0.25, 0.3) is 0 Å². The van der Waals surface area contributed by atoms with Gasteiger partial charge >= 0.3 is 0 Å². The summed E-state index contributed by atoms with van der Waals surface area (Å²) in [4.78, 5) is 27.7. The molecule has 2 N–H and O–H groups in total. The Bertz CT molecular complexity index is 760. The lowest BCUT2D eigenvalue weighted by molar-refractivity contribution is -0.140. The van der Waals surface area contributed by atoms with Gasteiger partial charge in [-0.1, -0.05) is 50.1 Å². The summed E-state index contributed by atoms with van der Waals surface area (Å²) in [5.74, 6) is -2.13. The molecule has 3 rings (SSSR count). The molecule has 1 aromatic carbocycles. The molecule has 2 aliphatic rings. The molecule has 29 heavy (non-hydrogen) atoms. The lowest BCUT2D eigenvalue weighted by Gasteiger charge is -2.36. The Morgan fingerprint density at radius 1 is 1.21 bits per heavy atom. The van der Waals surface area contributed by atoms with Crippen molar-refractivity contribution in [2.24, 2.45) is 17.8 Å². The van der Waals surface area contributed by atoms with Gasteiger partial charge in [-0.15, -0.1) is 0 Å². The topological polar surface area (TPSA) is 87.1 Å². The van der Waals surface area contributed by atoms with Crippen molar-refractivity contribution >= 4 is 11.8 Å². The Kier molecular flexibility index (Phi) is 7.22. The van der Waals surface area contributed by atoms with Crippen LogP contribution in [0.1, 0.15) is 38.2 Å². The van der Waals surface area contributed by atoms with Gasteiger partial charge in [0.15, 0.2) is 0 Å². The van der Waals surface area contributed by atoms with E-state index in [4.69, 9.17) is 4.74 Å². The lowest BCUT2D eigenvalue weighted by Crippen LogP contribution is -2.39. The van der Waals surface area contributed by atoms with Crippen LogP contribution in [0.5, 0.6) is 0 Å². The van der Waals surface area contributed by atoms with Gasteiger partial charge < -0.3 is 14.9 Å². The molecule has 6 heteroatoms. The van der Waals surface area contributed by atoms with Crippen LogP contribution in [-0.4, -0.2) is 53.4 Å². The number of ether oxygens (including phenoxy) is 1. The fraction of sp³-hybridized carbons (Fsp3) is 0.565. The number of imide groups is 1. The predicted molar refractivity (Wildman–Crippen MR) is 109 cm³/mol. The molecule has 0 saturated carbocycles. The number of likely N-dealkylation sites (tertiary alicyclic amines) is 1. The van der Waals surface area contributed by atoms with E-state index < -0.39 is 23.9 Å². The van der Waals surface area contributed by atoms with Crippen LogP contribution < -0.4 is 0 Å². The van der Waals surface area contributed by atoms with Crippen molar-refractivity contribution in [3.8, 4) is 0 Å². The van der Waals surface area contributed by atoms with Gasteiger partial charge in [0.1, 0.15) is 0 Å². The molecule has 0 aromatic heterocycles. The molecule has 1 fully saturated rings. The van der Waals surface area contributed by atoms with Crippen molar-refractivity contribution in [2.75, 3.05) is 20.3 Å². The number of carbonyl (C=O) groups excluding carboxylic acids is 2. The number of nitrogens with zero attached hydrogens (tertiary/aromatic N) is 1. The standard InChI is InChI=1S/C23H31NO5/c1-3-4-10-19(26)20-16(14-29-2)11-17-21(18(20)13-25)23(28)24(22(17)27)12-15-8-6-5-7-9-15/h5-9,17-19,21,25-26H,3-4,10-14H2,1-2H3/t17-,18+,19-,21-/m1/s1. The van der Waals surface area contributed by atoms with Crippen molar-refractivity contribution < 1.29 is 24.5 Å². The number of aliphatic hydroxyl groups is 2. The Morgan fingerprint density at radius 2 is 1.93 bits per heavy atom. The number of unbranched alkanes of at least 4 members (excludes halogenated alkanes) is 1. The predicted octanol–water partition coefficient (Wildman–Crippen LogP) is 2.29. The van der Waals surface area contributed by atoms with Crippen molar-refractivity contribution in [2.45, 2.75) is 45.3 Å². The molecule has 1 heterocycles. The van der Waals surface area contributed by atoms with E-state index in [0.717, 1.165) is 24.0 Å². The molecule has 1 aliphatic heterocycles. The Hall–Kier alpha value is -2.02. The molecule has 1 aromatic rings. The first-order valence-electron chi connectivity index (χ1n) is 10.4. The van der Waals surface area contributed by atoms with Crippen LogP contribution in [0.15, 0.2) is 41.5 Å². The Morgan fingerprint density at radius 3 is 2.55 bits per heavy atom. The molecule has 6 nitrogen and oxygen atoms in total. The highest BCUT2D eigenvalue weighted by Gasteiger charge is 2.54. The zero-order chi connectivity index (χ0) is 21.0. The van der Waals surface area contributed by atoms with Gasteiger partial charge in [0.05, 0.1) is 37.7 Å². The number of carbonyl (C=O) groups is 2. The lowest BCUT2D eigenvalue weighted by atomic mass is 9.68. The summed E-state index contributed by atoms with van der Waals surface area (Å²) in [5.41, 5.74) is 2.44. The molecular weight excluding hydrogens is 370 g/mol. The third-order valence-corrected chi connectivity index (χ3v) is 6.16. The summed E-state index contributed by atoms with van der Waals surface area (Å²) in [6.45, 7) is 2.30. The Labute approximate surface area is 172 Å². The molecule has 2 amide bonds. The van der Waals surface area contributed by atoms with E-state index in [1.807, 2.05) is 30.3 Å². The molecule has 0 radical (unpaired) electrons. The van der Waals surface area contributed by atoms with Crippen LogP contribution in [-0.2, 0) is 20.9 Å². The highest BCUT2D eigenvalue weighted by atomic mass is 16.5. The summed E-state index contributed by atoms with van der Waals surface area (Å²) in [7, 11) is 1.58. The van der Waals surface area contributed by atoms with E-state index in [1.165, 1.54) is 4.90 Å². The number of rotatable bonds is 9. The number of fused-ring (bicyclic) bond motifs is 1. The van der Waals surface area contributed by atoms with Crippen LogP contribution in [0.4, 0.5) is 0 Å². The number of amides is 2. The van der Waals surface area contributed by atoms with Crippen molar-refractivity contribution in [1.29, 1.82) is 0 Å². The fourth-order valence-corrected chi connectivity index (χ4v) is 4.81. The van der Waals surface area contributed by atoms with E-state index >= 15 is 0 Å². The van der Waals surface area contributed by atoms with Crippen molar-refractivity contribution in [3.63, 3.8) is 0 Å². The van der Waals surface area contributed by atoms with Crippen LogP contribution in [0.3, 0.4) is 0 Å². The van der Waals surface area contributed by atoms with Crippen LogP contribution >= 0.6 is 0 Å². The second-order valence-electron chi connectivity index (χ2n) is 8.02. The summed E-state index contributed by atoms with van der Waals surface area (Å²) in [6.07, 6.45) is 2.03. The van der Waals surface area contributed by atoms with Crippen molar-refractivity contribution in [3.05, 3.63) is 47.0 Å². The number of hydrogen-bond acceptors (Lipinski definition) is 5. The molecule has 158 valence electrons. The van der Waals surface area contributed by atoms with Gasteiger partial charge in [-0.3, -0.25) is 14.5 Å². The van der Waals surface area contributed by atoms with E-state index in [0.29, 0.717) is 25.0 Å². The second-order valence-corrected chi connectivity index (χ2v) is 8.02. The second kappa shape index (κ2) is 9.65. The fourth-order valence-electron chi connectivity index (χ4n) is 4.81. The van der Waals surface area contributed by atoms with Crippen LogP contribution in [0.25, 0.3) is 0 Å². The molecule has 0 spiro atoms. The maximum absolute atomic E-state index is 13.2. The third kappa shape index (κ3) is 4.29. The highest BCUT2D eigenvalue weighted by Crippen LogP contribution is 2.46. The number of methoxy groups -OCH3 is 1. The van der Waals surface area contributed by atoms with Gasteiger partial charge in [-0.25, -0.2) is 0 Å². The minimum absolute atomic E-state index is 0.196. The zero-order valence-corrected chi connectivity index (χ0v) is 17.2. The Balaban J connectivity index is 1.92. The summed E-state index contributed by atoms with van der Waals surface area (Å²) < 4.78 is 5.33. The van der Waals surface area contributed by atoms with Gasteiger partial charge in [0.2, 0.25) is 11.8 Å². The molecular formula is C23H31NO5. The van der Waals surface area contributed by atoms with E-state index in [1.54, 1.807) is 7.11 Å². The first-order chi connectivity index (χ1) is 14.0. The minimum Gasteiger partial charge on any atom is -0.396 e. The molecule has 0 unspecified atom stereocenters. The SMILES string of the molecule is CCCC[C@@H](O)C1=C(COC)C[C@H]2C(=O)N(Cc3ccccc3)C(=O)[C@H]2[C@H]1CO. The summed E-state index contributed by atoms with van der Waals surface area (Å²) in [6, 6.07) is 9.43. The van der Waals surface area contributed by atoms with Gasteiger partial charge in [-0.2, -0.15) is 0 Å². The minimum atomic E-state index is -0.732. The smallest absolute Gasteiger partial charge is 0.234 e. The average Bonchev–Trinajstić information content (AvgIpc) is 2.96. The monoisotopic (exact) mass is 401 g/mol. The maximum atomic E-state index is 13.2. The van der Waals surface area contributed by atoms with Gasteiger partial charge in [0, 0.05) is 13.0 Å². The van der Waals surface area contributed by atoms with Crippen molar-refractivity contribution in [1.82, 2.24) is 4.90 Å². The van der Waals surface area contributed by atoms with Gasteiger partial charge in [-0.05, 0) is 29.6 Å². The summed E-state index contributed by atoms with van der Waals surface area (Å²) >= 11 is 0. The molecule has 4 atom stereocenters. The first-order valence-corrected chi connectivity index (χ1v) is 10.4. The van der Waals surface area contributed by atoms with E-state index in [9.17, 15) is 19.8 Å². The van der Waals surface area contributed by atoms with E-state index in [-0.39, 0.29) is 25.0 Å². The number of hydrogen-bond donors (Lipinski definition) is 2. The molecule has 1 aliphatic carbocycles. The van der Waals surface area contributed by atoms with E-state index in [2.05, 4.69) is 6.92 Å². The molecule has 1 saturated heterocycles. The number of aliphatic hydroxyl groups excluding tert-OH is 2. The maximum Gasteiger partial charge on any atom is 0.234 e. The largest absolute Gasteiger partial charge is 0.396 e. The average molecular weight is 402 g/mol. The first kappa shape index (κ1) is 21.7.